The van der Waals surface area contributed by atoms with Crippen molar-refractivity contribution in [3.05, 3.63) is 0 Å². The summed E-state index contributed by atoms with van der Waals surface area (Å²) in [6.07, 6.45) is 3.06. The number of thiol groups is 1. The second kappa shape index (κ2) is 6.44. The summed E-state index contributed by atoms with van der Waals surface area (Å²) in [7, 11) is 0. The maximum atomic E-state index is 6.07. The van der Waals surface area contributed by atoms with Gasteiger partial charge in [0.05, 0.1) is 24.9 Å². The van der Waals surface area contributed by atoms with Crippen molar-refractivity contribution < 1.29 is 9.47 Å². The lowest BCUT2D eigenvalue weighted by Gasteiger charge is -2.35. The number of hydrogen-bond donors (Lipinski definition) is 1. The molecular weight excluding hydrogens is 232 g/mol. The van der Waals surface area contributed by atoms with E-state index in [1.807, 2.05) is 0 Å². The van der Waals surface area contributed by atoms with Crippen molar-refractivity contribution in [1.29, 1.82) is 0 Å². The minimum Gasteiger partial charge on any atom is -0.378 e. The Hall–Kier alpha value is 0.270. The summed E-state index contributed by atoms with van der Waals surface area (Å²) in [6.45, 7) is 11.8. The fourth-order valence-corrected chi connectivity index (χ4v) is 2.96. The van der Waals surface area contributed by atoms with Crippen molar-refractivity contribution in [3.63, 3.8) is 0 Å². The maximum Gasteiger partial charge on any atom is 0.0624 e. The maximum absolute atomic E-state index is 6.07. The predicted molar refractivity (Wildman–Crippen MR) is 75.8 cm³/mol. The van der Waals surface area contributed by atoms with Crippen LogP contribution < -0.4 is 0 Å². The van der Waals surface area contributed by atoms with Crippen LogP contribution in [-0.2, 0) is 9.47 Å². The van der Waals surface area contributed by atoms with Gasteiger partial charge in [-0.3, -0.25) is 0 Å². The molecule has 0 amide bonds. The van der Waals surface area contributed by atoms with Crippen LogP contribution in [0.15, 0.2) is 0 Å². The lowest BCUT2D eigenvalue weighted by Crippen LogP contribution is -2.36. The second-order valence-electron chi connectivity index (χ2n) is 6.43. The number of rotatable bonds is 4. The molecule has 1 rings (SSSR count). The highest BCUT2D eigenvalue weighted by Crippen LogP contribution is 2.29. The molecule has 1 saturated heterocycles. The lowest BCUT2D eigenvalue weighted by molar-refractivity contribution is -0.110. The molecule has 0 aromatic heterocycles. The first-order valence-corrected chi connectivity index (χ1v) is 7.34. The molecule has 3 atom stereocenters. The van der Waals surface area contributed by atoms with Crippen molar-refractivity contribution in [2.75, 3.05) is 12.4 Å². The summed E-state index contributed by atoms with van der Waals surface area (Å²) in [6, 6.07) is 0. The first-order valence-electron chi connectivity index (χ1n) is 6.70. The molecule has 0 spiro atoms. The van der Waals surface area contributed by atoms with E-state index in [4.69, 9.17) is 9.47 Å². The summed E-state index contributed by atoms with van der Waals surface area (Å²) in [5.41, 5.74) is 0.268. The van der Waals surface area contributed by atoms with E-state index in [0.717, 1.165) is 25.2 Å². The first-order chi connectivity index (χ1) is 7.82. The van der Waals surface area contributed by atoms with Gasteiger partial charge in [-0.2, -0.15) is 12.6 Å². The zero-order chi connectivity index (χ0) is 13.1. The molecule has 0 bridgehead atoms. The molecule has 1 aliphatic rings. The molecular formula is C14H28O2S. The third-order valence-electron chi connectivity index (χ3n) is 3.63. The Morgan fingerprint density at radius 2 is 1.76 bits per heavy atom. The molecule has 1 aliphatic heterocycles. The smallest absolute Gasteiger partial charge is 0.0624 e. The van der Waals surface area contributed by atoms with Crippen molar-refractivity contribution in [3.8, 4) is 0 Å². The van der Waals surface area contributed by atoms with Crippen LogP contribution in [0.1, 0.15) is 47.5 Å². The monoisotopic (exact) mass is 260 g/mol. The number of hydrogen-bond acceptors (Lipinski definition) is 3. The Kier molecular flexibility index (Phi) is 5.81. The Bertz CT molecular complexity index is 215. The molecule has 3 unspecified atom stereocenters. The van der Waals surface area contributed by atoms with Crippen molar-refractivity contribution in [1.82, 2.24) is 0 Å². The van der Waals surface area contributed by atoms with Gasteiger partial charge in [0.25, 0.3) is 0 Å². The molecule has 0 aromatic carbocycles. The van der Waals surface area contributed by atoms with Gasteiger partial charge in [0, 0.05) is 0 Å². The molecule has 1 heterocycles. The molecule has 102 valence electrons. The summed E-state index contributed by atoms with van der Waals surface area (Å²) in [5, 5.41) is 0. The zero-order valence-corrected chi connectivity index (χ0v) is 12.8. The highest BCUT2D eigenvalue weighted by Gasteiger charge is 2.28. The predicted octanol–water partition coefficient (Wildman–Crippen LogP) is 3.55. The van der Waals surface area contributed by atoms with Gasteiger partial charge in [0.2, 0.25) is 0 Å². The molecule has 0 radical (unpaired) electrons. The van der Waals surface area contributed by atoms with Crippen LogP contribution in [0.25, 0.3) is 0 Å². The summed E-state index contributed by atoms with van der Waals surface area (Å²) in [5.74, 6) is 1.40. The summed E-state index contributed by atoms with van der Waals surface area (Å²) >= 11 is 4.44. The lowest BCUT2D eigenvalue weighted by atomic mass is 9.82. The van der Waals surface area contributed by atoms with E-state index in [2.05, 4.69) is 47.2 Å². The average molecular weight is 260 g/mol. The summed E-state index contributed by atoms with van der Waals surface area (Å²) < 4.78 is 11.8. The number of ether oxygens (including phenoxy) is 2. The zero-order valence-electron chi connectivity index (χ0n) is 11.9. The van der Waals surface area contributed by atoms with Crippen LogP contribution in [0.5, 0.6) is 0 Å². The van der Waals surface area contributed by atoms with E-state index in [0.29, 0.717) is 24.2 Å². The average Bonchev–Trinajstić information content (AvgIpc) is 2.14. The Morgan fingerprint density at radius 3 is 2.18 bits per heavy atom. The highest BCUT2D eigenvalue weighted by atomic mass is 32.1. The van der Waals surface area contributed by atoms with Gasteiger partial charge < -0.3 is 9.47 Å². The SMILES string of the molecule is CC1CC(OCC(CS)C(C)(C)C)CC(C)O1. The van der Waals surface area contributed by atoms with Gasteiger partial charge in [-0.05, 0) is 43.8 Å². The minimum atomic E-state index is 0.268. The molecule has 2 nitrogen and oxygen atoms in total. The van der Waals surface area contributed by atoms with E-state index in [1.165, 1.54) is 0 Å². The van der Waals surface area contributed by atoms with Gasteiger partial charge in [-0.25, -0.2) is 0 Å². The Morgan fingerprint density at radius 1 is 1.24 bits per heavy atom. The van der Waals surface area contributed by atoms with Crippen LogP contribution in [0.2, 0.25) is 0 Å². The molecule has 1 fully saturated rings. The Balaban J connectivity index is 2.39. The van der Waals surface area contributed by atoms with E-state index in [1.54, 1.807) is 0 Å². The Labute approximate surface area is 112 Å². The minimum absolute atomic E-state index is 0.268. The molecule has 0 aliphatic carbocycles. The second-order valence-corrected chi connectivity index (χ2v) is 6.79. The van der Waals surface area contributed by atoms with E-state index in [9.17, 15) is 0 Å². The molecule has 0 aromatic rings. The highest BCUT2D eigenvalue weighted by molar-refractivity contribution is 7.80. The van der Waals surface area contributed by atoms with E-state index >= 15 is 0 Å². The standard InChI is InChI=1S/C14H28O2S/c1-10-6-13(7-11(2)16-10)15-8-12(9-17)14(3,4)5/h10-13,17H,6-9H2,1-5H3. The van der Waals surface area contributed by atoms with Crippen LogP contribution in [-0.4, -0.2) is 30.7 Å². The topological polar surface area (TPSA) is 18.5 Å². The van der Waals surface area contributed by atoms with Gasteiger partial charge in [0.1, 0.15) is 0 Å². The third kappa shape index (κ3) is 5.19. The molecule has 0 N–H and O–H groups in total. The van der Waals surface area contributed by atoms with Crippen LogP contribution in [0.4, 0.5) is 0 Å². The van der Waals surface area contributed by atoms with Crippen molar-refractivity contribution in [2.24, 2.45) is 11.3 Å². The molecule has 0 saturated carbocycles. The van der Waals surface area contributed by atoms with Crippen LogP contribution >= 0.6 is 12.6 Å². The summed E-state index contributed by atoms with van der Waals surface area (Å²) in [4.78, 5) is 0. The van der Waals surface area contributed by atoms with E-state index in [-0.39, 0.29) is 5.41 Å². The van der Waals surface area contributed by atoms with Gasteiger partial charge >= 0.3 is 0 Å². The first kappa shape index (κ1) is 15.3. The van der Waals surface area contributed by atoms with Gasteiger partial charge in [-0.1, -0.05) is 20.8 Å². The van der Waals surface area contributed by atoms with Crippen LogP contribution in [0.3, 0.4) is 0 Å². The van der Waals surface area contributed by atoms with Gasteiger partial charge in [0.15, 0.2) is 0 Å². The van der Waals surface area contributed by atoms with Crippen LogP contribution in [0, 0.1) is 11.3 Å². The largest absolute Gasteiger partial charge is 0.378 e. The normalized spacial score (nSPS) is 32.5. The fourth-order valence-electron chi connectivity index (χ4n) is 2.31. The third-order valence-corrected chi connectivity index (χ3v) is 4.07. The van der Waals surface area contributed by atoms with E-state index < -0.39 is 0 Å². The molecule has 3 heteroatoms. The fraction of sp³-hybridized carbons (Fsp3) is 1.00. The van der Waals surface area contributed by atoms with Crippen molar-refractivity contribution >= 4 is 12.6 Å². The quantitative estimate of drug-likeness (QED) is 0.779. The van der Waals surface area contributed by atoms with Crippen molar-refractivity contribution in [2.45, 2.75) is 65.8 Å². The van der Waals surface area contributed by atoms with Gasteiger partial charge in [-0.15, -0.1) is 0 Å². The molecule has 17 heavy (non-hydrogen) atoms.